The highest BCUT2D eigenvalue weighted by Crippen LogP contribution is 2.37. The molecule has 4 rings (SSSR count). The van der Waals surface area contributed by atoms with Crippen LogP contribution in [0.3, 0.4) is 0 Å². The SMILES string of the molecule is CNCc1ccc2c(C)c(-c3nn(C(C)(C)C)c4ncnc(NC)c34)[nH]c2c1. The van der Waals surface area contributed by atoms with Gasteiger partial charge in [0.25, 0.3) is 0 Å². The van der Waals surface area contributed by atoms with E-state index in [1.807, 2.05) is 18.8 Å². The third-order valence-corrected chi connectivity index (χ3v) is 5.08. The minimum atomic E-state index is -0.199. The first-order valence-electron chi connectivity index (χ1n) is 9.53. The van der Waals surface area contributed by atoms with Crippen LogP contribution in [0.4, 0.5) is 5.82 Å². The molecule has 146 valence electrons. The molecule has 3 aromatic heterocycles. The molecule has 0 aliphatic carbocycles. The summed E-state index contributed by atoms with van der Waals surface area (Å²) in [7, 11) is 3.84. The van der Waals surface area contributed by atoms with Gasteiger partial charge >= 0.3 is 0 Å². The average molecular weight is 377 g/mol. The number of anilines is 1. The van der Waals surface area contributed by atoms with Gasteiger partial charge in [0.1, 0.15) is 17.8 Å². The van der Waals surface area contributed by atoms with Crippen LogP contribution in [-0.2, 0) is 12.1 Å². The predicted molar refractivity (Wildman–Crippen MR) is 115 cm³/mol. The Bertz CT molecular complexity index is 1160. The summed E-state index contributed by atoms with van der Waals surface area (Å²) in [5.74, 6) is 0.782. The molecule has 0 aliphatic rings. The molecule has 1 aromatic carbocycles. The van der Waals surface area contributed by atoms with Crippen LogP contribution in [0.1, 0.15) is 31.9 Å². The highest BCUT2D eigenvalue weighted by Gasteiger charge is 2.26. The van der Waals surface area contributed by atoms with Crippen LogP contribution in [0.2, 0.25) is 0 Å². The van der Waals surface area contributed by atoms with Crippen LogP contribution in [0.5, 0.6) is 0 Å². The highest BCUT2D eigenvalue weighted by molar-refractivity contribution is 6.02. The lowest BCUT2D eigenvalue weighted by Crippen LogP contribution is -2.23. The minimum Gasteiger partial charge on any atom is -0.372 e. The number of aromatic amines is 1. The van der Waals surface area contributed by atoms with Crippen molar-refractivity contribution >= 4 is 27.8 Å². The molecular weight excluding hydrogens is 350 g/mol. The van der Waals surface area contributed by atoms with Gasteiger partial charge in [-0.3, -0.25) is 0 Å². The molecule has 0 saturated carbocycles. The second-order valence-electron chi connectivity index (χ2n) is 8.14. The van der Waals surface area contributed by atoms with Gasteiger partial charge in [-0.15, -0.1) is 0 Å². The fourth-order valence-corrected chi connectivity index (χ4v) is 3.72. The number of benzene rings is 1. The normalized spacial score (nSPS) is 12.2. The molecule has 0 radical (unpaired) electrons. The summed E-state index contributed by atoms with van der Waals surface area (Å²) in [5.41, 5.74) is 6.05. The van der Waals surface area contributed by atoms with Crippen molar-refractivity contribution in [3.05, 3.63) is 35.7 Å². The van der Waals surface area contributed by atoms with E-state index in [-0.39, 0.29) is 5.54 Å². The van der Waals surface area contributed by atoms with E-state index < -0.39 is 0 Å². The summed E-state index contributed by atoms with van der Waals surface area (Å²) < 4.78 is 1.98. The number of H-pyrrole nitrogens is 1. The number of fused-ring (bicyclic) bond motifs is 2. The van der Waals surface area contributed by atoms with Crippen molar-refractivity contribution in [1.29, 1.82) is 0 Å². The van der Waals surface area contributed by atoms with Gasteiger partial charge in [-0.1, -0.05) is 12.1 Å². The molecule has 0 aliphatic heterocycles. The maximum atomic E-state index is 4.98. The smallest absolute Gasteiger partial charge is 0.164 e. The molecule has 0 atom stereocenters. The number of aromatic nitrogens is 5. The molecular formula is C21H27N7. The zero-order valence-electron chi connectivity index (χ0n) is 17.3. The van der Waals surface area contributed by atoms with Crippen LogP contribution < -0.4 is 10.6 Å². The number of aryl methyl sites for hydroxylation is 1. The molecule has 0 unspecified atom stereocenters. The first kappa shape index (κ1) is 18.4. The molecule has 7 nitrogen and oxygen atoms in total. The largest absolute Gasteiger partial charge is 0.372 e. The lowest BCUT2D eigenvalue weighted by molar-refractivity contribution is 0.366. The standard InChI is InChI=1S/C21H27N7/c1-12-14-8-7-13(10-22-5)9-15(14)26-17(12)18-16-19(23-6)24-11-25-20(16)28(27-18)21(2,3)4/h7-9,11,22,26H,10H2,1-6H3,(H,23,24,25). The van der Waals surface area contributed by atoms with Crippen LogP contribution >= 0.6 is 0 Å². The van der Waals surface area contributed by atoms with E-state index in [2.05, 4.69) is 71.5 Å². The first-order valence-corrected chi connectivity index (χ1v) is 9.53. The van der Waals surface area contributed by atoms with Crippen molar-refractivity contribution in [2.24, 2.45) is 0 Å². The van der Waals surface area contributed by atoms with Crippen LogP contribution in [0.15, 0.2) is 24.5 Å². The zero-order valence-corrected chi connectivity index (χ0v) is 17.3. The molecule has 0 fully saturated rings. The van der Waals surface area contributed by atoms with Crippen molar-refractivity contribution in [2.75, 3.05) is 19.4 Å². The molecule has 0 amide bonds. The topological polar surface area (TPSA) is 83.4 Å². The fourth-order valence-electron chi connectivity index (χ4n) is 3.72. The number of rotatable bonds is 4. The zero-order chi connectivity index (χ0) is 20.1. The molecule has 3 heterocycles. The third-order valence-electron chi connectivity index (χ3n) is 5.08. The third kappa shape index (κ3) is 2.82. The molecule has 4 aromatic rings. The summed E-state index contributed by atoms with van der Waals surface area (Å²) in [6, 6.07) is 6.54. The van der Waals surface area contributed by atoms with E-state index in [1.54, 1.807) is 6.33 Å². The molecule has 7 heteroatoms. The van der Waals surface area contributed by atoms with Gasteiger partial charge in [0.2, 0.25) is 0 Å². The van der Waals surface area contributed by atoms with Gasteiger partial charge in [0.15, 0.2) is 5.65 Å². The van der Waals surface area contributed by atoms with Crippen LogP contribution in [0, 0.1) is 6.92 Å². The van der Waals surface area contributed by atoms with E-state index >= 15 is 0 Å². The Morgan fingerprint density at radius 1 is 1.14 bits per heavy atom. The highest BCUT2D eigenvalue weighted by atomic mass is 15.3. The minimum absolute atomic E-state index is 0.199. The Balaban J connectivity index is 2.02. The van der Waals surface area contributed by atoms with E-state index in [9.17, 15) is 0 Å². The van der Waals surface area contributed by atoms with Gasteiger partial charge in [0, 0.05) is 24.5 Å². The van der Waals surface area contributed by atoms with Crippen molar-refractivity contribution < 1.29 is 0 Å². The van der Waals surface area contributed by atoms with Crippen molar-refractivity contribution in [3.8, 4) is 11.4 Å². The molecule has 0 bridgehead atoms. The second kappa shape index (κ2) is 6.60. The number of hydrogen-bond acceptors (Lipinski definition) is 5. The van der Waals surface area contributed by atoms with Gasteiger partial charge in [-0.05, 0) is 51.9 Å². The monoisotopic (exact) mass is 377 g/mol. The lowest BCUT2D eigenvalue weighted by Gasteiger charge is -2.19. The summed E-state index contributed by atoms with van der Waals surface area (Å²) in [6.45, 7) is 9.37. The second-order valence-corrected chi connectivity index (χ2v) is 8.14. The molecule has 3 N–H and O–H groups in total. The average Bonchev–Trinajstić information content (AvgIpc) is 3.20. The maximum Gasteiger partial charge on any atom is 0.164 e. The van der Waals surface area contributed by atoms with Crippen molar-refractivity contribution in [1.82, 2.24) is 30.0 Å². The Morgan fingerprint density at radius 3 is 2.61 bits per heavy atom. The molecule has 0 saturated heterocycles. The van der Waals surface area contributed by atoms with Gasteiger partial charge in [-0.25, -0.2) is 14.6 Å². The molecule has 28 heavy (non-hydrogen) atoms. The Labute approximate surface area is 164 Å². The summed E-state index contributed by atoms with van der Waals surface area (Å²) in [6.07, 6.45) is 1.59. The predicted octanol–water partition coefficient (Wildman–Crippen LogP) is 3.80. The van der Waals surface area contributed by atoms with E-state index in [0.717, 1.165) is 40.3 Å². The lowest BCUT2D eigenvalue weighted by atomic mass is 10.1. The summed E-state index contributed by atoms with van der Waals surface area (Å²) >= 11 is 0. The van der Waals surface area contributed by atoms with Crippen LogP contribution in [-0.4, -0.2) is 38.8 Å². The van der Waals surface area contributed by atoms with Crippen molar-refractivity contribution in [2.45, 2.75) is 39.8 Å². The Kier molecular flexibility index (Phi) is 4.34. The van der Waals surface area contributed by atoms with E-state index in [4.69, 9.17) is 5.10 Å². The van der Waals surface area contributed by atoms with Gasteiger partial charge in [0.05, 0.1) is 16.6 Å². The van der Waals surface area contributed by atoms with Crippen molar-refractivity contribution in [3.63, 3.8) is 0 Å². The first-order chi connectivity index (χ1) is 13.3. The summed E-state index contributed by atoms with van der Waals surface area (Å²) in [5, 5.41) is 13.5. The summed E-state index contributed by atoms with van der Waals surface area (Å²) in [4.78, 5) is 12.6. The fraction of sp³-hybridized carbons (Fsp3) is 0.381. The maximum absolute atomic E-state index is 4.98. The number of hydrogen-bond donors (Lipinski definition) is 3. The van der Waals surface area contributed by atoms with E-state index in [0.29, 0.717) is 0 Å². The van der Waals surface area contributed by atoms with Gasteiger partial charge in [-0.2, -0.15) is 5.10 Å². The quantitative estimate of drug-likeness (QED) is 0.504. The van der Waals surface area contributed by atoms with Crippen LogP contribution in [0.25, 0.3) is 33.3 Å². The van der Waals surface area contributed by atoms with Gasteiger partial charge < -0.3 is 15.6 Å². The number of nitrogens with one attached hydrogen (secondary N) is 3. The Morgan fingerprint density at radius 2 is 1.93 bits per heavy atom. The van der Waals surface area contributed by atoms with E-state index in [1.165, 1.54) is 16.5 Å². The number of nitrogens with zero attached hydrogens (tertiary/aromatic N) is 4. The molecule has 0 spiro atoms. The Hall–Kier alpha value is -2.93.